The van der Waals surface area contributed by atoms with Crippen molar-refractivity contribution in [2.24, 2.45) is 0 Å². The molecule has 1 aromatic rings. The minimum absolute atomic E-state index is 0.0366. The van der Waals surface area contributed by atoms with Crippen LogP contribution in [0, 0.1) is 6.92 Å². The molecule has 1 aromatic carbocycles. The summed E-state index contributed by atoms with van der Waals surface area (Å²) in [6.45, 7) is 6.28. The standard InChI is InChI=1S/C14H23ClN2O2S2/c1-5-14(6-2,20-4)9-17-21(18,19)13-8-12(16)10(3)7-11(13)15/h7-8,17H,5-6,9,16H2,1-4H3. The van der Waals surface area contributed by atoms with Crippen molar-refractivity contribution in [3.8, 4) is 0 Å². The number of nitrogens with two attached hydrogens (primary N) is 1. The monoisotopic (exact) mass is 350 g/mol. The van der Waals surface area contributed by atoms with Gasteiger partial charge >= 0.3 is 0 Å². The van der Waals surface area contributed by atoms with Crippen LogP contribution in [-0.4, -0.2) is 26.0 Å². The highest BCUT2D eigenvalue weighted by Crippen LogP contribution is 2.31. The predicted octanol–water partition coefficient (Wildman–Crippen LogP) is 3.43. The molecule has 120 valence electrons. The molecular weight excluding hydrogens is 328 g/mol. The zero-order valence-electron chi connectivity index (χ0n) is 12.9. The predicted molar refractivity (Wildman–Crippen MR) is 92.6 cm³/mol. The summed E-state index contributed by atoms with van der Waals surface area (Å²) >= 11 is 7.74. The first-order valence-electron chi connectivity index (χ1n) is 6.81. The molecule has 0 saturated heterocycles. The zero-order chi connectivity index (χ0) is 16.3. The van der Waals surface area contributed by atoms with Gasteiger partial charge in [-0.15, -0.1) is 0 Å². The Morgan fingerprint density at radius 3 is 2.38 bits per heavy atom. The molecule has 1 rings (SSSR count). The highest BCUT2D eigenvalue weighted by Gasteiger charge is 2.28. The van der Waals surface area contributed by atoms with Crippen LogP contribution in [0.3, 0.4) is 0 Å². The van der Waals surface area contributed by atoms with E-state index in [2.05, 4.69) is 18.6 Å². The normalized spacial score (nSPS) is 12.6. The third-order valence-electron chi connectivity index (χ3n) is 3.92. The van der Waals surface area contributed by atoms with Crippen molar-refractivity contribution >= 4 is 39.1 Å². The molecule has 0 spiro atoms. The lowest BCUT2D eigenvalue weighted by molar-refractivity contribution is 0.522. The number of sulfonamides is 1. The van der Waals surface area contributed by atoms with Crippen molar-refractivity contribution in [2.75, 3.05) is 18.5 Å². The van der Waals surface area contributed by atoms with Gasteiger partial charge in [0.2, 0.25) is 10.0 Å². The van der Waals surface area contributed by atoms with Crippen LogP contribution in [0.5, 0.6) is 0 Å². The minimum atomic E-state index is -3.67. The molecule has 0 aromatic heterocycles. The molecule has 0 fully saturated rings. The van der Waals surface area contributed by atoms with Gasteiger partial charge in [0, 0.05) is 17.0 Å². The fourth-order valence-corrected chi connectivity index (χ4v) is 4.67. The summed E-state index contributed by atoms with van der Waals surface area (Å²) in [7, 11) is -3.67. The number of hydrogen-bond donors (Lipinski definition) is 2. The van der Waals surface area contributed by atoms with Gasteiger partial charge in [0.25, 0.3) is 0 Å². The maximum atomic E-state index is 12.5. The Bertz CT molecular complexity index is 591. The van der Waals surface area contributed by atoms with Crippen molar-refractivity contribution in [1.29, 1.82) is 0 Å². The van der Waals surface area contributed by atoms with Gasteiger partial charge in [-0.25, -0.2) is 13.1 Å². The van der Waals surface area contributed by atoms with E-state index in [1.807, 2.05) is 6.26 Å². The second kappa shape index (κ2) is 7.22. The van der Waals surface area contributed by atoms with E-state index in [9.17, 15) is 8.42 Å². The van der Waals surface area contributed by atoms with Crippen LogP contribution in [0.1, 0.15) is 32.3 Å². The van der Waals surface area contributed by atoms with Gasteiger partial charge in [-0.2, -0.15) is 11.8 Å². The Hall–Kier alpha value is -0.430. The van der Waals surface area contributed by atoms with E-state index in [0.717, 1.165) is 18.4 Å². The highest BCUT2D eigenvalue weighted by atomic mass is 35.5. The first-order chi connectivity index (χ1) is 9.71. The average molecular weight is 351 g/mol. The average Bonchev–Trinajstić information content (AvgIpc) is 2.45. The van der Waals surface area contributed by atoms with Crippen LogP contribution in [0.4, 0.5) is 5.69 Å². The topological polar surface area (TPSA) is 72.2 Å². The van der Waals surface area contributed by atoms with E-state index in [4.69, 9.17) is 17.3 Å². The maximum absolute atomic E-state index is 12.5. The van der Waals surface area contributed by atoms with Crippen LogP contribution in [0.2, 0.25) is 5.02 Å². The van der Waals surface area contributed by atoms with Crippen LogP contribution >= 0.6 is 23.4 Å². The Morgan fingerprint density at radius 2 is 1.90 bits per heavy atom. The second-order valence-corrected chi connectivity index (χ2v) is 8.47. The minimum Gasteiger partial charge on any atom is -0.398 e. The van der Waals surface area contributed by atoms with Crippen molar-refractivity contribution in [3.63, 3.8) is 0 Å². The number of nitrogen functional groups attached to an aromatic ring is 1. The number of anilines is 1. The lowest BCUT2D eigenvalue weighted by Crippen LogP contribution is -2.39. The third kappa shape index (κ3) is 4.28. The van der Waals surface area contributed by atoms with Gasteiger partial charge in [0.05, 0.1) is 5.02 Å². The Labute approximate surface area is 136 Å². The number of halogens is 1. The number of nitrogens with one attached hydrogen (secondary N) is 1. The largest absolute Gasteiger partial charge is 0.398 e. The molecule has 21 heavy (non-hydrogen) atoms. The molecule has 0 unspecified atom stereocenters. The summed E-state index contributed by atoms with van der Waals surface area (Å²) in [5.74, 6) is 0. The Morgan fingerprint density at radius 1 is 1.33 bits per heavy atom. The van der Waals surface area contributed by atoms with E-state index < -0.39 is 10.0 Å². The van der Waals surface area contributed by atoms with Gasteiger partial charge in [0.15, 0.2) is 0 Å². The summed E-state index contributed by atoms with van der Waals surface area (Å²) in [4.78, 5) is 0.0366. The lowest BCUT2D eigenvalue weighted by atomic mass is 10.0. The van der Waals surface area contributed by atoms with E-state index >= 15 is 0 Å². The molecule has 0 saturated carbocycles. The Kier molecular flexibility index (Phi) is 6.40. The molecule has 3 N–H and O–H groups in total. The molecule has 0 bridgehead atoms. The molecule has 0 amide bonds. The molecule has 0 heterocycles. The third-order valence-corrected chi connectivity index (χ3v) is 7.37. The summed E-state index contributed by atoms with van der Waals surface area (Å²) in [6.07, 6.45) is 3.77. The van der Waals surface area contributed by atoms with E-state index in [0.29, 0.717) is 12.2 Å². The summed E-state index contributed by atoms with van der Waals surface area (Å²) in [5, 5.41) is 0.192. The summed E-state index contributed by atoms with van der Waals surface area (Å²) < 4.78 is 27.5. The fraction of sp³-hybridized carbons (Fsp3) is 0.571. The molecule has 0 aliphatic carbocycles. The maximum Gasteiger partial charge on any atom is 0.242 e. The van der Waals surface area contributed by atoms with Crippen LogP contribution in [-0.2, 0) is 10.0 Å². The zero-order valence-corrected chi connectivity index (χ0v) is 15.3. The van der Waals surface area contributed by atoms with Crippen molar-refractivity contribution in [2.45, 2.75) is 43.3 Å². The molecule has 0 aliphatic heterocycles. The molecule has 0 aliphatic rings. The summed E-state index contributed by atoms with van der Waals surface area (Å²) in [5.41, 5.74) is 6.97. The van der Waals surface area contributed by atoms with E-state index in [1.165, 1.54) is 6.07 Å². The van der Waals surface area contributed by atoms with Crippen LogP contribution in [0.15, 0.2) is 17.0 Å². The summed E-state index contributed by atoms with van der Waals surface area (Å²) in [6, 6.07) is 2.99. The lowest BCUT2D eigenvalue weighted by Gasteiger charge is -2.29. The van der Waals surface area contributed by atoms with E-state index in [-0.39, 0.29) is 14.7 Å². The van der Waals surface area contributed by atoms with Crippen molar-refractivity contribution in [1.82, 2.24) is 4.72 Å². The van der Waals surface area contributed by atoms with Crippen molar-refractivity contribution in [3.05, 3.63) is 22.7 Å². The van der Waals surface area contributed by atoms with E-state index in [1.54, 1.807) is 24.8 Å². The number of benzene rings is 1. The molecule has 0 radical (unpaired) electrons. The fourth-order valence-electron chi connectivity index (χ4n) is 2.04. The van der Waals surface area contributed by atoms with Crippen molar-refractivity contribution < 1.29 is 8.42 Å². The quantitative estimate of drug-likeness (QED) is 0.739. The number of hydrogen-bond acceptors (Lipinski definition) is 4. The SMILES string of the molecule is CCC(CC)(CNS(=O)(=O)c1cc(N)c(C)cc1Cl)SC. The van der Waals surface area contributed by atoms with Gasteiger partial charge in [-0.3, -0.25) is 0 Å². The molecular formula is C14H23ClN2O2S2. The van der Waals surface area contributed by atoms with Gasteiger partial charge in [-0.1, -0.05) is 25.4 Å². The Balaban J connectivity index is 3.05. The van der Waals surface area contributed by atoms with Crippen LogP contribution < -0.4 is 10.5 Å². The first-order valence-corrected chi connectivity index (χ1v) is 9.90. The number of thioether (sulfide) groups is 1. The highest BCUT2D eigenvalue weighted by molar-refractivity contribution is 8.00. The number of rotatable bonds is 7. The molecule has 4 nitrogen and oxygen atoms in total. The smallest absolute Gasteiger partial charge is 0.242 e. The first kappa shape index (κ1) is 18.6. The van der Waals surface area contributed by atoms with Crippen LogP contribution in [0.25, 0.3) is 0 Å². The van der Waals surface area contributed by atoms with Gasteiger partial charge in [-0.05, 0) is 43.7 Å². The molecule has 7 heteroatoms. The second-order valence-electron chi connectivity index (χ2n) is 5.06. The van der Waals surface area contributed by atoms with Gasteiger partial charge < -0.3 is 5.73 Å². The van der Waals surface area contributed by atoms with Gasteiger partial charge in [0.1, 0.15) is 4.90 Å². The molecule has 0 atom stereocenters. The number of aryl methyl sites for hydroxylation is 1.